The van der Waals surface area contributed by atoms with E-state index >= 15 is 0 Å². The van der Waals surface area contributed by atoms with Gasteiger partial charge in [0, 0.05) is 49.9 Å². The molecular formula is C28H34N6O3. The third kappa shape index (κ3) is 5.84. The van der Waals surface area contributed by atoms with Gasteiger partial charge in [0.15, 0.2) is 5.78 Å². The largest absolute Gasteiger partial charge is 0.492 e. The van der Waals surface area contributed by atoms with Crippen LogP contribution in [0.25, 0.3) is 5.69 Å². The molecule has 194 valence electrons. The van der Waals surface area contributed by atoms with Crippen molar-refractivity contribution in [1.82, 2.24) is 24.9 Å². The molecule has 9 heteroatoms. The summed E-state index contributed by atoms with van der Waals surface area (Å²) in [5.74, 6) is 0.536. The number of piperazine rings is 1. The van der Waals surface area contributed by atoms with E-state index in [1.807, 2.05) is 25.1 Å². The minimum Gasteiger partial charge on any atom is -0.492 e. The Bertz CT molecular complexity index is 1290. The van der Waals surface area contributed by atoms with Crippen LogP contribution in [-0.4, -0.2) is 83.7 Å². The third-order valence-electron chi connectivity index (χ3n) is 7.03. The lowest BCUT2D eigenvalue weighted by Gasteiger charge is -2.32. The quantitative estimate of drug-likeness (QED) is 0.433. The molecule has 2 fully saturated rings. The van der Waals surface area contributed by atoms with E-state index in [4.69, 9.17) is 10.5 Å². The molecule has 1 saturated heterocycles. The first-order chi connectivity index (χ1) is 17.9. The number of carbonyl (C=O) groups is 2. The number of nitrogens with one attached hydrogen (secondary N) is 1. The van der Waals surface area contributed by atoms with Crippen molar-refractivity contribution in [2.45, 2.75) is 25.8 Å². The Kier molecular flexibility index (Phi) is 7.25. The third-order valence-corrected chi connectivity index (χ3v) is 7.03. The van der Waals surface area contributed by atoms with Crippen LogP contribution in [-0.2, 0) is 0 Å². The molecule has 3 aromatic rings. The number of rotatable bonds is 9. The van der Waals surface area contributed by atoms with Gasteiger partial charge in [-0.25, -0.2) is 4.68 Å². The first-order valence-electron chi connectivity index (χ1n) is 12.8. The van der Waals surface area contributed by atoms with Crippen LogP contribution in [0.4, 0.5) is 5.82 Å². The normalized spacial score (nSPS) is 16.5. The molecule has 0 radical (unpaired) electrons. The summed E-state index contributed by atoms with van der Waals surface area (Å²) in [5, 5.41) is 7.39. The van der Waals surface area contributed by atoms with Gasteiger partial charge in [0.25, 0.3) is 5.91 Å². The van der Waals surface area contributed by atoms with Crippen LogP contribution < -0.4 is 15.8 Å². The number of benzene rings is 2. The second-order valence-corrected chi connectivity index (χ2v) is 9.95. The van der Waals surface area contributed by atoms with Gasteiger partial charge in [-0.3, -0.25) is 14.5 Å². The van der Waals surface area contributed by atoms with Crippen LogP contribution in [0.1, 0.15) is 44.7 Å². The molecule has 1 saturated carbocycles. The Morgan fingerprint density at radius 1 is 1.08 bits per heavy atom. The summed E-state index contributed by atoms with van der Waals surface area (Å²) in [6.07, 6.45) is 3.52. The molecular weight excluding hydrogens is 468 g/mol. The van der Waals surface area contributed by atoms with Gasteiger partial charge in [-0.2, -0.15) is 5.10 Å². The van der Waals surface area contributed by atoms with E-state index in [0.717, 1.165) is 51.1 Å². The number of aryl methyl sites for hydroxylation is 1. The van der Waals surface area contributed by atoms with Gasteiger partial charge < -0.3 is 20.7 Å². The topological polar surface area (TPSA) is 106 Å². The number of hydrogen-bond donors (Lipinski definition) is 2. The smallest absolute Gasteiger partial charge is 0.251 e. The standard InChI is InChI=1S/C28H34N6O3/c1-19-6-7-21(28(36)31-22-8-9-22)17-25(19)34-27(29)24(18-30-34)26(35)20-4-3-5-23(16-20)37-15-14-33-12-10-32(2)11-13-33/h3-7,16-18,22H,8-15,29H2,1-2H3,(H,31,36). The second kappa shape index (κ2) is 10.7. The van der Waals surface area contributed by atoms with E-state index in [1.54, 1.807) is 24.3 Å². The second-order valence-electron chi connectivity index (χ2n) is 9.95. The highest BCUT2D eigenvalue weighted by Crippen LogP contribution is 2.25. The fourth-order valence-corrected chi connectivity index (χ4v) is 4.45. The Morgan fingerprint density at radius 3 is 2.62 bits per heavy atom. The van der Waals surface area contributed by atoms with E-state index < -0.39 is 0 Å². The molecule has 0 atom stereocenters. The van der Waals surface area contributed by atoms with Crippen molar-refractivity contribution in [3.63, 3.8) is 0 Å². The SMILES string of the molecule is Cc1ccc(C(=O)NC2CC2)cc1-n1ncc(C(=O)c2cccc(OCCN3CCN(C)CC3)c2)c1N. The number of anilines is 1. The maximum Gasteiger partial charge on any atom is 0.251 e. The number of carbonyl (C=O) groups excluding carboxylic acids is 2. The fourth-order valence-electron chi connectivity index (χ4n) is 4.45. The highest BCUT2D eigenvalue weighted by Gasteiger charge is 2.25. The summed E-state index contributed by atoms with van der Waals surface area (Å²) in [6, 6.07) is 12.8. The summed E-state index contributed by atoms with van der Waals surface area (Å²) >= 11 is 0. The molecule has 1 aromatic heterocycles. The Labute approximate surface area is 217 Å². The van der Waals surface area contributed by atoms with Crippen LogP contribution in [0.2, 0.25) is 0 Å². The molecule has 5 rings (SSSR count). The Balaban J connectivity index is 1.28. The minimum atomic E-state index is -0.228. The number of ketones is 1. The first kappa shape index (κ1) is 25.0. The molecule has 3 N–H and O–H groups in total. The Morgan fingerprint density at radius 2 is 1.86 bits per heavy atom. The first-order valence-corrected chi connectivity index (χ1v) is 12.8. The van der Waals surface area contributed by atoms with Crippen molar-refractivity contribution in [2.24, 2.45) is 0 Å². The fraction of sp³-hybridized carbons (Fsp3) is 0.393. The van der Waals surface area contributed by atoms with E-state index in [2.05, 4.69) is 27.3 Å². The average Bonchev–Trinajstić information content (AvgIpc) is 3.64. The summed E-state index contributed by atoms with van der Waals surface area (Å²) in [6.45, 7) is 7.54. The molecule has 0 bridgehead atoms. The highest BCUT2D eigenvalue weighted by molar-refractivity contribution is 6.11. The van der Waals surface area contributed by atoms with Crippen LogP contribution in [0.5, 0.6) is 5.75 Å². The lowest BCUT2D eigenvalue weighted by molar-refractivity contribution is 0.0950. The molecule has 9 nitrogen and oxygen atoms in total. The summed E-state index contributed by atoms with van der Waals surface area (Å²) < 4.78 is 7.47. The van der Waals surface area contributed by atoms with E-state index in [1.165, 1.54) is 10.9 Å². The zero-order chi connectivity index (χ0) is 25.9. The van der Waals surface area contributed by atoms with Crippen molar-refractivity contribution < 1.29 is 14.3 Å². The number of nitrogens with zero attached hydrogens (tertiary/aromatic N) is 4. The number of hydrogen-bond acceptors (Lipinski definition) is 7. The van der Waals surface area contributed by atoms with Crippen molar-refractivity contribution in [1.29, 1.82) is 0 Å². The monoisotopic (exact) mass is 502 g/mol. The van der Waals surface area contributed by atoms with E-state index in [0.29, 0.717) is 34.7 Å². The summed E-state index contributed by atoms with van der Waals surface area (Å²) in [7, 11) is 2.14. The number of amides is 1. The number of aromatic nitrogens is 2. The predicted molar refractivity (Wildman–Crippen MR) is 143 cm³/mol. The number of nitrogen functional groups attached to an aromatic ring is 1. The van der Waals surface area contributed by atoms with Gasteiger partial charge in [-0.05, 0) is 56.6 Å². The maximum atomic E-state index is 13.3. The molecule has 1 aliphatic carbocycles. The van der Waals surface area contributed by atoms with Gasteiger partial charge in [0.1, 0.15) is 18.2 Å². The van der Waals surface area contributed by atoms with Crippen LogP contribution in [0.15, 0.2) is 48.7 Å². The Hall–Kier alpha value is -3.69. The van der Waals surface area contributed by atoms with Gasteiger partial charge in [0.05, 0.1) is 17.4 Å². The molecule has 2 aliphatic rings. The van der Waals surface area contributed by atoms with Crippen molar-refractivity contribution in [3.05, 3.63) is 70.9 Å². The zero-order valence-corrected chi connectivity index (χ0v) is 21.4. The molecule has 1 amide bonds. The van der Waals surface area contributed by atoms with Gasteiger partial charge in [-0.1, -0.05) is 18.2 Å². The molecule has 1 aliphatic heterocycles. The number of nitrogens with two attached hydrogens (primary N) is 1. The maximum absolute atomic E-state index is 13.3. The van der Waals surface area contributed by atoms with E-state index in [9.17, 15) is 9.59 Å². The summed E-state index contributed by atoms with van der Waals surface area (Å²) in [5.41, 5.74) is 9.30. The van der Waals surface area contributed by atoms with Crippen molar-refractivity contribution in [3.8, 4) is 11.4 Å². The van der Waals surface area contributed by atoms with Crippen molar-refractivity contribution in [2.75, 3.05) is 52.1 Å². The van der Waals surface area contributed by atoms with Crippen molar-refractivity contribution >= 4 is 17.5 Å². The van der Waals surface area contributed by atoms with Gasteiger partial charge in [0.2, 0.25) is 0 Å². The minimum absolute atomic E-state index is 0.116. The van der Waals surface area contributed by atoms with Crippen LogP contribution in [0, 0.1) is 6.92 Å². The number of likely N-dealkylation sites (N-methyl/N-ethyl adjacent to an activating group) is 1. The highest BCUT2D eigenvalue weighted by atomic mass is 16.5. The summed E-state index contributed by atoms with van der Waals surface area (Å²) in [4.78, 5) is 30.6. The number of ether oxygens (including phenoxy) is 1. The molecule has 37 heavy (non-hydrogen) atoms. The van der Waals surface area contributed by atoms with Crippen LogP contribution >= 0.6 is 0 Å². The lowest BCUT2D eigenvalue weighted by Crippen LogP contribution is -2.45. The lowest BCUT2D eigenvalue weighted by atomic mass is 10.1. The average molecular weight is 503 g/mol. The molecule has 0 spiro atoms. The van der Waals surface area contributed by atoms with E-state index in [-0.39, 0.29) is 23.6 Å². The van der Waals surface area contributed by atoms with Gasteiger partial charge in [-0.15, -0.1) is 0 Å². The molecule has 0 unspecified atom stereocenters. The molecule has 2 heterocycles. The molecule has 2 aromatic carbocycles. The van der Waals surface area contributed by atoms with Gasteiger partial charge >= 0.3 is 0 Å². The zero-order valence-electron chi connectivity index (χ0n) is 21.4. The van der Waals surface area contributed by atoms with Crippen LogP contribution in [0.3, 0.4) is 0 Å². The predicted octanol–water partition coefficient (Wildman–Crippen LogP) is 2.51.